The molecule has 0 aromatic rings. The number of hydrogen-bond donors (Lipinski definition) is 1. The predicted molar refractivity (Wildman–Crippen MR) is 52.5 cm³/mol. The Morgan fingerprint density at radius 3 is 2.00 bits per heavy atom. The van der Waals surface area contributed by atoms with Crippen LogP contribution in [-0.4, -0.2) is 17.8 Å². The van der Waals surface area contributed by atoms with Gasteiger partial charge in [0.15, 0.2) is 0 Å². The van der Waals surface area contributed by atoms with Gasteiger partial charge < -0.3 is 5.32 Å². The smallest absolute Gasteiger partial charge is 0.118 e. The summed E-state index contributed by atoms with van der Waals surface area (Å²) < 4.78 is 14.6. The molecule has 0 amide bonds. The van der Waals surface area contributed by atoms with E-state index < -0.39 is 5.67 Å². The molecule has 2 atom stereocenters. The zero-order valence-electron chi connectivity index (χ0n) is 8.86. The maximum absolute atomic E-state index is 14.6. The van der Waals surface area contributed by atoms with Crippen molar-refractivity contribution in [1.82, 2.24) is 5.32 Å². The molecule has 2 unspecified atom stereocenters. The van der Waals surface area contributed by atoms with Crippen LogP contribution in [0.3, 0.4) is 0 Å². The lowest BCUT2D eigenvalue weighted by Crippen LogP contribution is -2.52. The Bertz CT molecular complexity index is 195. The van der Waals surface area contributed by atoms with Crippen LogP contribution in [0.1, 0.15) is 46.5 Å². The quantitative estimate of drug-likeness (QED) is 0.612. The first kappa shape index (κ1) is 9.45. The zero-order chi connectivity index (χ0) is 9.69. The first-order valence-electron chi connectivity index (χ1n) is 5.36. The van der Waals surface area contributed by atoms with E-state index in [0.717, 1.165) is 0 Å². The third-order valence-electron chi connectivity index (χ3n) is 3.82. The molecule has 2 bridgehead atoms. The minimum atomic E-state index is -0.940. The molecule has 1 N–H and O–H groups in total. The van der Waals surface area contributed by atoms with Gasteiger partial charge in [-0.2, -0.15) is 0 Å². The fourth-order valence-corrected chi connectivity index (χ4v) is 2.70. The van der Waals surface area contributed by atoms with Gasteiger partial charge >= 0.3 is 0 Å². The highest BCUT2D eigenvalue weighted by atomic mass is 19.1. The van der Waals surface area contributed by atoms with E-state index in [-0.39, 0.29) is 5.41 Å². The van der Waals surface area contributed by atoms with E-state index in [0.29, 0.717) is 24.9 Å². The van der Waals surface area contributed by atoms with Crippen molar-refractivity contribution >= 4 is 0 Å². The molecule has 0 spiro atoms. The molecule has 13 heavy (non-hydrogen) atoms. The van der Waals surface area contributed by atoms with Crippen molar-refractivity contribution < 1.29 is 4.39 Å². The van der Waals surface area contributed by atoms with Crippen molar-refractivity contribution in [2.45, 2.75) is 64.2 Å². The molecule has 76 valence electrons. The average molecular weight is 185 g/mol. The van der Waals surface area contributed by atoms with Crippen LogP contribution in [0.5, 0.6) is 0 Å². The van der Waals surface area contributed by atoms with Gasteiger partial charge in [-0.3, -0.25) is 0 Å². The Labute approximate surface area is 80.1 Å². The fraction of sp³-hybridized carbons (Fsp3) is 1.00. The van der Waals surface area contributed by atoms with Gasteiger partial charge in [0.25, 0.3) is 0 Å². The average Bonchev–Trinajstić information content (AvgIpc) is 2.28. The van der Waals surface area contributed by atoms with Crippen molar-refractivity contribution in [1.29, 1.82) is 0 Å². The van der Waals surface area contributed by atoms with Crippen molar-refractivity contribution in [2.24, 2.45) is 5.41 Å². The van der Waals surface area contributed by atoms with Gasteiger partial charge in [0.05, 0.1) is 0 Å². The lowest BCUT2D eigenvalue weighted by molar-refractivity contribution is -0.0160. The number of fused-ring (bicyclic) bond motifs is 2. The minimum Gasteiger partial charge on any atom is -0.311 e. The van der Waals surface area contributed by atoms with Crippen molar-refractivity contribution in [3.63, 3.8) is 0 Å². The molecule has 2 rings (SSSR count). The second-order valence-corrected chi connectivity index (χ2v) is 5.76. The molecular formula is C11H20FN. The summed E-state index contributed by atoms with van der Waals surface area (Å²) in [5, 5.41) is 3.48. The summed E-state index contributed by atoms with van der Waals surface area (Å²) in [6.45, 7) is 6.08. The van der Waals surface area contributed by atoms with Crippen LogP contribution < -0.4 is 5.32 Å². The summed E-state index contributed by atoms with van der Waals surface area (Å²) in [6.07, 6.45) is 3.78. The molecule has 1 nitrogen and oxygen atoms in total. The SMILES string of the molecule is CC(C)(C)C1(F)CC2CCC(C1)N2. The van der Waals surface area contributed by atoms with Crippen LogP contribution >= 0.6 is 0 Å². The summed E-state index contributed by atoms with van der Waals surface area (Å²) in [7, 11) is 0. The number of hydrogen-bond acceptors (Lipinski definition) is 1. The van der Waals surface area contributed by atoms with Crippen LogP contribution in [0, 0.1) is 5.41 Å². The lowest BCUT2D eigenvalue weighted by atomic mass is 9.71. The molecule has 2 fully saturated rings. The molecular weight excluding hydrogens is 165 g/mol. The second kappa shape index (κ2) is 2.69. The maximum Gasteiger partial charge on any atom is 0.118 e. The minimum absolute atomic E-state index is 0.198. The van der Waals surface area contributed by atoms with Crippen LogP contribution in [0.25, 0.3) is 0 Å². The van der Waals surface area contributed by atoms with E-state index >= 15 is 0 Å². The summed E-state index contributed by atoms with van der Waals surface area (Å²) >= 11 is 0. The highest BCUT2D eigenvalue weighted by Gasteiger charge is 2.50. The third kappa shape index (κ3) is 1.50. The van der Waals surface area contributed by atoms with E-state index in [1.54, 1.807) is 0 Å². The van der Waals surface area contributed by atoms with Crippen molar-refractivity contribution in [2.75, 3.05) is 0 Å². The van der Waals surface area contributed by atoms with Crippen molar-refractivity contribution in [3.8, 4) is 0 Å². The van der Waals surface area contributed by atoms with Crippen LogP contribution in [-0.2, 0) is 0 Å². The number of piperidine rings is 1. The first-order valence-corrected chi connectivity index (χ1v) is 5.36. The number of alkyl halides is 1. The molecule has 0 aliphatic carbocycles. The van der Waals surface area contributed by atoms with Gasteiger partial charge in [-0.15, -0.1) is 0 Å². The van der Waals surface area contributed by atoms with E-state index in [1.807, 2.05) is 20.8 Å². The Morgan fingerprint density at radius 1 is 1.15 bits per heavy atom. The fourth-order valence-electron chi connectivity index (χ4n) is 2.70. The number of rotatable bonds is 0. The Hall–Kier alpha value is -0.110. The van der Waals surface area contributed by atoms with E-state index in [1.165, 1.54) is 12.8 Å². The van der Waals surface area contributed by atoms with Crippen LogP contribution in [0.2, 0.25) is 0 Å². The first-order chi connectivity index (χ1) is 5.91. The van der Waals surface area contributed by atoms with Crippen LogP contribution in [0.4, 0.5) is 4.39 Å². The summed E-state index contributed by atoms with van der Waals surface area (Å²) in [5.41, 5.74) is -1.14. The normalized spacial score (nSPS) is 45.2. The Balaban J connectivity index is 2.17. The third-order valence-corrected chi connectivity index (χ3v) is 3.82. The molecule has 2 aliphatic heterocycles. The Kier molecular flexibility index (Phi) is 1.96. The Morgan fingerprint density at radius 2 is 1.62 bits per heavy atom. The standard InChI is InChI=1S/C11H20FN/c1-10(2,3)11(12)6-8-4-5-9(7-11)13-8/h8-9,13H,4-7H2,1-3H3. The largest absolute Gasteiger partial charge is 0.311 e. The molecule has 2 aliphatic rings. The van der Waals surface area contributed by atoms with Crippen LogP contribution in [0.15, 0.2) is 0 Å². The second-order valence-electron chi connectivity index (χ2n) is 5.76. The van der Waals surface area contributed by atoms with Gasteiger partial charge in [0.2, 0.25) is 0 Å². The van der Waals surface area contributed by atoms with Gasteiger partial charge in [-0.25, -0.2) is 4.39 Å². The molecule has 0 aromatic heterocycles. The molecule has 0 aromatic carbocycles. The van der Waals surface area contributed by atoms with Gasteiger partial charge in [0.1, 0.15) is 5.67 Å². The van der Waals surface area contributed by atoms with Gasteiger partial charge in [0, 0.05) is 12.1 Å². The number of halogens is 1. The highest BCUT2D eigenvalue weighted by molar-refractivity contribution is 5.04. The summed E-state index contributed by atoms with van der Waals surface area (Å²) in [6, 6.07) is 0.894. The van der Waals surface area contributed by atoms with Gasteiger partial charge in [-0.05, 0) is 31.1 Å². The lowest BCUT2D eigenvalue weighted by Gasteiger charge is -2.43. The topological polar surface area (TPSA) is 12.0 Å². The van der Waals surface area contributed by atoms with Crippen molar-refractivity contribution in [3.05, 3.63) is 0 Å². The van der Waals surface area contributed by atoms with E-state index in [9.17, 15) is 4.39 Å². The monoisotopic (exact) mass is 185 g/mol. The molecule has 0 saturated carbocycles. The molecule has 0 radical (unpaired) electrons. The predicted octanol–water partition coefficient (Wildman–Crippen LogP) is 2.66. The highest BCUT2D eigenvalue weighted by Crippen LogP contribution is 2.47. The summed E-state index contributed by atoms with van der Waals surface area (Å²) in [4.78, 5) is 0. The molecule has 2 heteroatoms. The number of nitrogens with one attached hydrogen (secondary N) is 1. The molecule has 2 saturated heterocycles. The zero-order valence-corrected chi connectivity index (χ0v) is 8.86. The molecule has 2 heterocycles. The van der Waals surface area contributed by atoms with E-state index in [4.69, 9.17) is 0 Å². The summed E-state index contributed by atoms with van der Waals surface area (Å²) in [5.74, 6) is 0. The maximum atomic E-state index is 14.6. The van der Waals surface area contributed by atoms with E-state index in [2.05, 4.69) is 5.32 Å². The van der Waals surface area contributed by atoms with Gasteiger partial charge in [-0.1, -0.05) is 20.8 Å².